The monoisotopic (exact) mass is 377 g/mol. The van der Waals surface area contributed by atoms with Crippen LogP contribution in [0.2, 0.25) is 0 Å². The van der Waals surface area contributed by atoms with E-state index in [4.69, 9.17) is 0 Å². The third-order valence-corrected chi connectivity index (χ3v) is 5.75. The van der Waals surface area contributed by atoms with E-state index in [0.29, 0.717) is 12.1 Å². The Hall–Kier alpha value is -2.50. The fourth-order valence-electron chi connectivity index (χ4n) is 3.36. The molecule has 1 amide bonds. The van der Waals surface area contributed by atoms with Gasteiger partial charge in [0.15, 0.2) is 0 Å². The van der Waals surface area contributed by atoms with E-state index >= 15 is 0 Å². The summed E-state index contributed by atoms with van der Waals surface area (Å²) in [7, 11) is 0. The van der Waals surface area contributed by atoms with Crippen LogP contribution in [0.3, 0.4) is 0 Å². The van der Waals surface area contributed by atoms with Crippen molar-refractivity contribution >= 4 is 17.2 Å². The highest BCUT2D eigenvalue weighted by Gasteiger charge is 2.12. The minimum atomic E-state index is -0.0520. The number of aromatic nitrogens is 1. The summed E-state index contributed by atoms with van der Waals surface area (Å²) in [6.07, 6.45) is 4.58. The largest absolute Gasteiger partial charge is 0.347 e. The molecule has 0 radical (unpaired) electrons. The van der Waals surface area contributed by atoms with Gasteiger partial charge in [0, 0.05) is 28.7 Å². The highest BCUT2D eigenvalue weighted by atomic mass is 32.1. The number of nitrogens with one attached hydrogen (secondary N) is 1. The first kappa shape index (κ1) is 17.9. The summed E-state index contributed by atoms with van der Waals surface area (Å²) in [6, 6.07) is 15.9. The number of carbonyl (C=O) groups excluding carboxylic acids is 1. The van der Waals surface area contributed by atoms with Crippen LogP contribution in [0, 0.1) is 0 Å². The second-order valence-corrected chi connectivity index (χ2v) is 7.91. The molecule has 0 saturated carbocycles. The highest BCUT2D eigenvalue weighted by molar-refractivity contribution is 7.09. The number of hydrogen-bond donors (Lipinski definition) is 1. The molecule has 4 rings (SSSR count). The van der Waals surface area contributed by atoms with Crippen LogP contribution in [-0.4, -0.2) is 28.9 Å². The van der Waals surface area contributed by atoms with Crippen molar-refractivity contribution < 1.29 is 4.79 Å². The van der Waals surface area contributed by atoms with Crippen LogP contribution in [0.1, 0.15) is 33.6 Å². The van der Waals surface area contributed by atoms with E-state index in [9.17, 15) is 4.79 Å². The quantitative estimate of drug-likeness (QED) is 0.695. The van der Waals surface area contributed by atoms with E-state index in [1.807, 2.05) is 48.0 Å². The van der Waals surface area contributed by atoms with Crippen molar-refractivity contribution in [2.75, 3.05) is 13.1 Å². The molecule has 3 heterocycles. The Labute approximate surface area is 163 Å². The molecule has 138 valence electrons. The van der Waals surface area contributed by atoms with E-state index in [1.165, 1.54) is 31.5 Å². The summed E-state index contributed by atoms with van der Waals surface area (Å²) < 4.78 is 0. The van der Waals surface area contributed by atoms with Crippen molar-refractivity contribution in [2.24, 2.45) is 0 Å². The van der Waals surface area contributed by atoms with Crippen LogP contribution in [0.15, 0.2) is 60.1 Å². The van der Waals surface area contributed by atoms with Crippen LogP contribution < -0.4 is 5.32 Å². The number of benzene rings is 1. The average Bonchev–Trinajstić information content (AvgIpc) is 3.41. The summed E-state index contributed by atoms with van der Waals surface area (Å²) >= 11 is 1.64. The normalized spacial score (nSPS) is 14.4. The zero-order valence-corrected chi connectivity index (χ0v) is 16.0. The van der Waals surface area contributed by atoms with Gasteiger partial charge in [0.05, 0.1) is 12.2 Å². The fourth-order valence-corrected chi connectivity index (χ4v) is 4.01. The lowest BCUT2D eigenvalue weighted by Crippen LogP contribution is -2.22. The molecule has 0 atom stereocenters. The van der Waals surface area contributed by atoms with E-state index in [1.54, 1.807) is 11.3 Å². The Morgan fingerprint density at radius 1 is 1.07 bits per heavy atom. The lowest BCUT2D eigenvalue weighted by molar-refractivity contribution is 0.0951. The summed E-state index contributed by atoms with van der Waals surface area (Å²) in [5.74, 6) is -0.0520. The Morgan fingerprint density at radius 3 is 2.56 bits per heavy atom. The lowest BCUT2D eigenvalue weighted by atomic mass is 10.1. The molecular formula is C22H23N3OS. The van der Waals surface area contributed by atoms with Crippen molar-refractivity contribution in [1.82, 2.24) is 15.2 Å². The summed E-state index contributed by atoms with van der Waals surface area (Å²) in [5.41, 5.74) is 3.88. The fraction of sp³-hybridized carbons (Fsp3) is 0.273. The molecule has 4 nitrogen and oxygen atoms in total. The molecule has 1 aliphatic rings. The van der Waals surface area contributed by atoms with Gasteiger partial charge in [-0.25, -0.2) is 0 Å². The molecule has 27 heavy (non-hydrogen) atoms. The van der Waals surface area contributed by atoms with Crippen LogP contribution >= 0.6 is 11.3 Å². The van der Waals surface area contributed by atoms with Gasteiger partial charge < -0.3 is 5.32 Å². The number of amides is 1. The third-order valence-electron chi connectivity index (χ3n) is 4.88. The average molecular weight is 378 g/mol. The SMILES string of the molecule is O=C(NCc1cccs1)c1ccc(-c2ccc(CN3CCCC3)cn2)cc1. The zero-order valence-electron chi connectivity index (χ0n) is 15.2. The van der Waals surface area contributed by atoms with E-state index in [-0.39, 0.29) is 5.91 Å². The molecule has 1 N–H and O–H groups in total. The molecule has 1 aromatic carbocycles. The molecule has 0 bridgehead atoms. The maximum absolute atomic E-state index is 12.3. The van der Waals surface area contributed by atoms with Crippen molar-refractivity contribution in [1.29, 1.82) is 0 Å². The van der Waals surface area contributed by atoms with Gasteiger partial charge in [-0.15, -0.1) is 11.3 Å². The Morgan fingerprint density at radius 2 is 1.89 bits per heavy atom. The molecule has 0 aliphatic carbocycles. The molecule has 1 fully saturated rings. The van der Waals surface area contributed by atoms with Crippen molar-refractivity contribution in [3.05, 3.63) is 76.1 Å². The molecular weight excluding hydrogens is 354 g/mol. The predicted octanol–water partition coefficient (Wildman–Crippen LogP) is 4.34. The summed E-state index contributed by atoms with van der Waals surface area (Å²) in [5, 5.41) is 4.97. The Bertz CT molecular complexity index is 867. The summed E-state index contributed by atoms with van der Waals surface area (Å²) in [6.45, 7) is 3.93. The maximum Gasteiger partial charge on any atom is 0.251 e. The number of hydrogen-bond acceptors (Lipinski definition) is 4. The van der Waals surface area contributed by atoms with Crippen molar-refractivity contribution in [3.63, 3.8) is 0 Å². The number of nitrogens with zero attached hydrogens (tertiary/aromatic N) is 2. The first-order valence-corrected chi connectivity index (χ1v) is 10.2. The maximum atomic E-state index is 12.3. The predicted molar refractivity (Wildman–Crippen MR) is 110 cm³/mol. The molecule has 2 aromatic heterocycles. The Kier molecular flexibility index (Phi) is 5.61. The Balaban J connectivity index is 1.37. The number of likely N-dealkylation sites (tertiary alicyclic amines) is 1. The van der Waals surface area contributed by atoms with Crippen molar-refractivity contribution in [3.8, 4) is 11.3 Å². The second-order valence-electron chi connectivity index (χ2n) is 6.87. The molecule has 0 spiro atoms. The first-order chi connectivity index (χ1) is 13.3. The third kappa shape index (κ3) is 4.62. The smallest absolute Gasteiger partial charge is 0.251 e. The topological polar surface area (TPSA) is 45.2 Å². The number of thiophene rings is 1. The number of pyridine rings is 1. The van der Waals surface area contributed by atoms with Crippen LogP contribution in [0.25, 0.3) is 11.3 Å². The molecule has 1 saturated heterocycles. The first-order valence-electron chi connectivity index (χ1n) is 9.36. The van der Waals surface area contributed by atoms with Crippen LogP contribution in [-0.2, 0) is 13.1 Å². The molecule has 5 heteroatoms. The van der Waals surface area contributed by atoms with Gasteiger partial charge in [0.1, 0.15) is 0 Å². The van der Waals surface area contributed by atoms with Gasteiger partial charge >= 0.3 is 0 Å². The molecule has 1 aliphatic heterocycles. The lowest BCUT2D eigenvalue weighted by Gasteiger charge is -2.14. The minimum Gasteiger partial charge on any atom is -0.347 e. The van der Waals surface area contributed by atoms with E-state index < -0.39 is 0 Å². The van der Waals surface area contributed by atoms with Gasteiger partial charge in [-0.3, -0.25) is 14.7 Å². The zero-order chi connectivity index (χ0) is 18.5. The van der Waals surface area contributed by atoms with Crippen molar-refractivity contribution in [2.45, 2.75) is 25.9 Å². The number of carbonyl (C=O) groups is 1. The molecule has 0 unspecified atom stereocenters. The van der Waals surface area contributed by atoms with E-state index in [0.717, 1.165) is 22.7 Å². The summed E-state index contributed by atoms with van der Waals surface area (Å²) in [4.78, 5) is 20.5. The number of rotatable bonds is 6. The van der Waals surface area contributed by atoms with Crippen LogP contribution in [0.5, 0.6) is 0 Å². The van der Waals surface area contributed by atoms with E-state index in [2.05, 4.69) is 27.3 Å². The molecule has 3 aromatic rings. The van der Waals surface area contributed by atoms with Gasteiger partial charge in [0.25, 0.3) is 5.91 Å². The van der Waals surface area contributed by atoms with Gasteiger partial charge in [-0.2, -0.15) is 0 Å². The minimum absolute atomic E-state index is 0.0520. The van der Waals surface area contributed by atoms with Gasteiger partial charge in [-0.1, -0.05) is 24.3 Å². The van der Waals surface area contributed by atoms with Gasteiger partial charge in [0.2, 0.25) is 0 Å². The van der Waals surface area contributed by atoms with Gasteiger partial charge in [-0.05, 0) is 61.1 Å². The standard InChI is InChI=1S/C22H23N3OS/c26-22(24-15-20-4-3-13-27-20)19-8-6-18(7-9-19)21-10-5-17(14-23-21)16-25-11-1-2-12-25/h3-10,13-14H,1-2,11-12,15-16H2,(H,24,26). The highest BCUT2D eigenvalue weighted by Crippen LogP contribution is 2.19. The second kappa shape index (κ2) is 8.46. The van der Waals surface area contributed by atoms with Crippen LogP contribution in [0.4, 0.5) is 0 Å².